The lowest BCUT2D eigenvalue weighted by atomic mass is 10.2. The predicted octanol–water partition coefficient (Wildman–Crippen LogP) is 2.88. The number of halogens is 1. The second-order valence-electron chi connectivity index (χ2n) is 5.80. The second kappa shape index (κ2) is 11.2. The average molecular weight is 478 g/mol. The Balaban J connectivity index is 1.70. The second-order valence-corrected chi connectivity index (χ2v) is 7.06. The number of thiocarbonyl (C=S) groups is 1. The molecule has 0 fully saturated rings. The van der Waals surface area contributed by atoms with Crippen molar-refractivity contribution < 1.29 is 19.1 Å². The molecule has 29 heavy (non-hydrogen) atoms. The van der Waals surface area contributed by atoms with Crippen molar-refractivity contribution in [1.29, 1.82) is 0 Å². The molecular formula is C20H20BrN3O4S. The van der Waals surface area contributed by atoms with Gasteiger partial charge in [-0.25, -0.2) is 0 Å². The van der Waals surface area contributed by atoms with Gasteiger partial charge in [0.25, 0.3) is 5.91 Å². The van der Waals surface area contributed by atoms with Gasteiger partial charge >= 0.3 is 0 Å². The average Bonchev–Trinajstić information content (AvgIpc) is 2.72. The van der Waals surface area contributed by atoms with Crippen LogP contribution in [0.5, 0.6) is 11.5 Å². The van der Waals surface area contributed by atoms with Crippen LogP contribution in [0.3, 0.4) is 0 Å². The van der Waals surface area contributed by atoms with Gasteiger partial charge in [0.2, 0.25) is 5.91 Å². The van der Waals surface area contributed by atoms with Crippen LogP contribution in [0.1, 0.15) is 11.1 Å². The molecule has 2 aromatic carbocycles. The lowest BCUT2D eigenvalue weighted by molar-refractivity contribution is -0.123. The smallest absolute Gasteiger partial charge is 0.276 e. The standard InChI is InChI=1S/C20H20BrN3O4S/c1-13-11-16(8-9-17(13)21)28-12-19(26)23-24-20(29)22-18(25)10-5-14-3-6-15(27-2)7-4-14/h3-11H,12H2,1-2H3,(H,23,26)(H2,22,24,25,29)/b10-5+. The summed E-state index contributed by atoms with van der Waals surface area (Å²) in [4.78, 5) is 23.7. The minimum atomic E-state index is -0.448. The van der Waals surface area contributed by atoms with E-state index in [2.05, 4.69) is 32.1 Å². The Kier molecular flexibility index (Phi) is 8.63. The molecule has 0 saturated heterocycles. The Labute approximate surface area is 182 Å². The molecule has 0 radical (unpaired) electrons. The SMILES string of the molecule is COc1ccc(/C=C/C(=O)NC(=S)NNC(=O)COc2ccc(Br)c(C)c2)cc1. The lowest BCUT2D eigenvalue weighted by Crippen LogP contribution is -2.49. The van der Waals surface area contributed by atoms with Crippen molar-refractivity contribution in [3.63, 3.8) is 0 Å². The van der Waals surface area contributed by atoms with Gasteiger partial charge in [-0.2, -0.15) is 0 Å². The molecule has 0 saturated carbocycles. The molecule has 9 heteroatoms. The molecule has 0 heterocycles. The summed E-state index contributed by atoms with van der Waals surface area (Å²) in [5.41, 5.74) is 6.62. The Morgan fingerprint density at radius 2 is 1.79 bits per heavy atom. The van der Waals surface area contributed by atoms with Crippen LogP contribution >= 0.6 is 28.1 Å². The van der Waals surface area contributed by atoms with Crippen molar-refractivity contribution in [2.45, 2.75) is 6.92 Å². The normalized spacial score (nSPS) is 10.3. The molecule has 0 aromatic heterocycles. The lowest BCUT2D eigenvalue weighted by Gasteiger charge is -2.11. The fourth-order valence-corrected chi connectivity index (χ4v) is 2.49. The zero-order chi connectivity index (χ0) is 21.2. The van der Waals surface area contributed by atoms with Crippen molar-refractivity contribution >= 4 is 51.2 Å². The highest BCUT2D eigenvalue weighted by molar-refractivity contribution is 9.10. The zero-order valence-corrected chi connectivity index (χ0v) is 18.2. The van der Waals surface area contributed by atoms with Crippen molar-refractivity contribution in [3.8, 4) is 11.5 Å². The topological polar surface area (TPSA) is 88.7 Å². The van der Waals surface area contributed by atoms with E-state index in [0.717, 1.165) is 21.3 Å². The van der Waals surface area contributed by atoms with Crippen LogP contribution in [0.2, 0.25) is 0 Å². The van der Waals surface area contributed by atoms with Crippen molar-refractivity contribution in [1.82, 2.24) is 16.2 Å². The van der Waals surface area contributed by atoms with E-state index in [-0.39, 0.29) is 11.7 Å². The molecule has 0 unspecified atom stereocenters. The largest absolute Gasteiger partial charge is 0.497 e. The highest BCUT2D eigenvalue weighted by Crippen LogP contribution is 2.21. The number of hydrazine groups is 1. The van der Waals surface area contributed by atoms with Crippen LogP contribution in [-0.4, -0.2) is 30.6 Å². The highest BCUT2D eigenvalue weighted by Gasteiger charge is 2.06. The number of nitrogens with one attached hydrogen (secondary N) is 3. The number of aryl methyl sites for hydroxylation is 1. The van der Waals surface area contributed by atoms with E-state index in [1.54, 1.807) is 31.4 Å². The zero-order valence-electron chi connectivity index (χ0n) is 15.8. The molecule has 0 bridgehead atoms. The number of hydrogen-bond acceptors (Lipinski definition) is 5. The van der Waals surface area contributed by atoms with Crippen LogP contribution < -0.4 is 25.6 Å². The van der Waals surface area contributed by atoms with Crippen LogP contribution in [-0.2, 0) is 9.59 Å². The number of carbonyl (C=O) groups excluding carboxylic acids is 2. The molecule has 2 aromatic rings. The molecule has 0 aliphatic heterocycles. The van der Waals surface area contributed by atoms with Gasteiger partial charge in [0.05, 0.1) is 7.11 Å². The minimum Gasteiger partial charge on any atom is -0.497 e. The van der Waals surface area contributed by atoms with Gasteiger partial charge in [-0.1, -0.05) is 28.1 Å². The quantitative estimate of drug-likeness (QED) is 0.336. The van der Waals surface area contributed by atoms with E-state index in [0.29, 0.717) is 5.75 Å². The Bertz CT molecular complexity index is 916. The molecule has 7 nitrogen and oxygen atoms in total. The van der Waals surface area contributed by atoms with E-state index in [4.69, 9.17) is 21.7 Å². The van der Waals surface area contributed by atoms with E-state index in [9.17, 15) is 9.59 Å². The highest BCUT2D eigenvalue weighted by atomic mass is 79.9. The van der Waals surface area contributed by atoms with E-state index in [1.807, 2.05) is 31.2 Å². The maximum atomic E-state index is 11.9. The Morgan fingerprint density at radius 1 is 1.10 bits per heavy atom. The first-order valence-corrected chi connectivity index (χ1v) is 9.68. The third-order valence-corrected chi connectivity index (χ3v) is 4.69. The predicted molar refractivity (Wildman–Crippen MR) is 118 cm³/mol. The molecule has 152 valence electrons. The molecule has 2 amide bonds. The van der Waals surface area contributed by atoms with E-state index >= 15 is 0 Å². The van der Waals surface area contributed by atoms with Gasteiger partial charge in [0.1, 0.15) is 11.5 Å². The number of hydrogen-bond donors (Lipinski definition) is 3. The third-order valence-electron chi connectivity index (χ3n) is 3.59. The van der Waals surface area contributed by atoms with Crippen LogP contribution in [0, 0.1) is 6.92 Å². The summed E-state index contributed by atoms with van der Waals surface area (Å²) in [6.07, 6.45) is 2.96. The molecule has 0 aliphatic rings. The Hall–Kier alpha value is -2.91. The molecule has 2 rings (SSSR count). The summed E-state index contributed by atoms with van der Waals surface area (Å²) in [6, 6.07) is 12.6. The van der Waals surface area contributed by atoms with E-state index < -0.39 is 11.8 Å². The molecule has 3 N–H and O–H groups in total. The van der Waals surface area contributed by atoms with Gasteiger partial charge in [-0.15, -0.1) is 0 Å². The summed E-state index contributed by atoms with van der Waals surface area (Å²) < 4.78 is 11.4. The monoisotopic (exact) mass is 477 g/mol. The van der Waals surface area contributed by atoms with Crippen LogP contribution in [0.4, 0.5) is 0 Å². The summed E-state index contributed by atoms with van der Waals surface area (Å²) in [6.45, 7) is 1.71. The summed E-state index contributed by atoms with van der Waals surface area (Å²) >= 11 is 8.36. The maximum Gasteiger partial charge on any atom is 0.276 e. The van der Waals surface area contributed by atoms with Crippen LogP contribution in [0.15, 0.2) is 53.0 Å². The van der Waals surface area contributed by atoms with E-state index in [1.165, 1.54) is 6.08 Å². The molecule has 0 atom stereocenters. The minimum absolute atomic E-state index is 0.0396. The first kappa shape index (κ1) is 22.4. The van der Waals surface area contributed by atoms with Gasteiger partial charge in [0.15, 0.2) is 11.7 Å². The van der Waals surface area contributed by atoms with Gasteiger partial charge in [-0.05, 0) is 66.7 Å². The van der Waals surface area contributed by atoms with Gasteiger partial charge in [-0.3, -0.25) is 25.8 Å². The number of rotatable bonds is 6. The number of methoxy groups -OCH3 is 1. The Morgan fingerprint density at radius 3 is 2.45 bits per heavy atom. The number of ether oxygens (including phenoxy) is 2. The van der Waals surface area contributed by atoms with Crippen molar-refractivity contribution in [2.75, 3.05) is 13.7 Å². The molecular weight excluding hydrogens is 458 g/mol. The maximum absolute atomic E-state index is 11.9. The fourth-order valence-electron chi connectivity index (χ4n) is 2.09. The summed E-state index contributed by atoms with van der Waals surface area (Å²) in [5, 5.41) is 2.39. The van der Waals surface area contributed by atoms with Gasteiger partial charge in [0, 0.05) is 10.5 Å². The molecule has 0 spiro atoms. The number of benzene rings is 2. The number of amides is 2. The van der Waals surface area contributed by atoms with Gasteiger partial charge < -0.3 is 9.47 Å². The molecule has 0 aliphatic carbocycles. The van der Waals surface area contributed by atoms with Crippen molar-refractivity contribution in [3.05, 3.63) is 64.1 Å². The first-order chi connectivity index (χ1) is 13.9. The summed E-state index contributed by atoms with van der Waals surface area (Å²) in [7, 11) is 1.58. The number of carbonyl (C=O) groups is 2. The fraction of sp³-hybridized carbons (Fsp3) is 0.150. The first-order valence-electron chi connectivity index (χ1n) is 8.48. The van der Waals surface area contributed by atoms with Crippen molar-refractivity contribution in [2.24, 2.45) is 0 Å². The van der Waals surface area contributed by atoms with Crippen LogP contribution in [0.25, 0.3) is 6.08 Å². The summed E-state index contributed by atoms with van der Waals surface area (Å²) in [5.74, 6) is 0.414. The third kappa shape index (κ3) is 7.92.